The molecule has 2 N–H and O–H groups in total. The highest BCUT2D eigenvalue weighted by atomic mass is 16.5. The molecule has 0 spiro atoms. The average molecular weight is 292 g/mol. The number of carbonyl (C=O) groups is 1. The first-order chi connectivity index (χ1) is 10.2. The van der Waals surface area contributed by atoms with Gasteiger partial charge in [0.1, 0.15) is 5.75 Å². The Labute approximate surface area is 126 Å². The third-order valence-corrected chi connectivity index (χ3v) is 3.96. The van der Waals surface area contributed by atoms with Crippen molar-refractivity contribution in [1.29, 1.82) is 0 Å². The molecule has 1 heterocycles. The normalized spacial score (nSPS) is 19.6. The van der Waals surface area contributed by atoms with E-state index in [1.165, 1.54) is 0 Å². The van der Waals surface area contributed by atoms with E-state index in [4.69, 9.17) is 15.2 Å². The summed E-state index contributed by atoms with van der Waals surface area (Å²) in [7, 11) is 3.27. The molecule has 1 aromatic carbocycles. The number of hydrogen-bond donors (Lipinski definition) is 1. The Morgan fingerprint density at radius 2 is 2.29 bits per heavy atom. The number of methoxy groups -OCH3 is 2. The molecule has 0 aromatic heterocycles. The minimum atomic E-state index is -0.490. The number of benzene rings is 1. The van der Waals surface area contributed by atoms with Crippen molar-refractivity contribution in [2.45, 2.75) is 31.3 Å². The lowest BCUT2D eigenvalue weighted by Crippen LogP contribution is -2.43. The number of nitrogens with zero attached hydrogens (tertiary/aromatic N) is 1. The monoisotopic (exact) mass is 292 g/mol. The summed E-state index contributed by atoms with van der Waals surface area (Å²) < 4.78 is 10.3. The fourth-order valence-corrected chi connectivity index (χ4v) is 2.81. The smallest absolute Gasteiger partial charge is 0.240 e. The van der Waals surface area contributed by atoms with Crippen LogP contribution in [0.2, 0.25) is 0 Å². The van der Waals surface area contributed by atoms with Crippen LogP contribution >= 0.6 is 0 Å². The number of rotatable bonds is 6. The van der Waals surface area contributed by atoms with Gasteiger partial charge >= 0.3 is 0 Å². The van der Waals surface area contributed by atoms with E-state index in [2.05, 4.69) is 0 Å². The molecular weight excluding hydrogens is 268 g/mol. The summed E-state index contributed by atoms with van der Waals surface area (Å²) in [6, 6.07) is 7.52. The Bertz CT molecular complexity index is 478. The first kappa shape index (κ1) is 15.8. The second-order valence-electron chi connectivity index (χ2n) is 5.35. The fraction of sp³-hybridized carbons (Fsp3) is 0.562. The van der Waals surface area contributed by atoms with Crippen LogP contribution in [-0.2, 0) is 9.53 Å². The van der Waals surface area contributed by atoms with Crippen molar-refractivity contribution in [2.75, 3.05) is 27.4 Å². The molecule has 1 aliphatic rings. The van der Waals surface area contributed by atoms with Crippen LogP contribution in [0.1, 0.15) is 30.9 Å². The number of likely N-dealkylation sites (tertiary alicyclic amines) is 1. The van der Waals surface area contributed by atoms with Crippen molar-refractivity contribution in [3.63, 3.8) is 0 Å². The van der Waals surface area contributed by atoms with Crippen LogP contribution in [0.5, 0.6) is 5.75 Å². The molecule has 1 amide bonds. The van der Waals surface area contributed by atoms with E-state index in [0.29, 0.717) is 13.0 Å². The molecule has 2 atom stereocenters. The molecule has 1 aromatic rings. The minimum Gasteiger partial charge on any atom is -0.497 e. The second-order valence-corrected chi connectivity index (χ2v) is 5.35. The molecule has 5 heteroatoms. The van der Waals surface area contributed by atoms with Crippen LogP contribution in [0.4, 0.5) is 0 Å². The zero-order valence-electron chi connectivity index (χ0n) is 12.7. The van der Waals surface area contributed by atoms with Gasteiger partial charge in [0, 0.05) is 20.3 Å². The van der Waals surface area contributed by atoms with Gasteiger partial charge < -0.3 is 20.1 Å². The fourth-order valence-electron chi connectivity index (χ4n) is 2.81. The van der Waals surface area contributed by atoms with Gasteiger partial charge in [-0.25, -0.2) is 0 Å². The van der Waals surface area contributed by atoms with Crippen molar-refractivity contribution >= 4 is 5.91 Å². The highest BCUT2D eigenvalue weighted by molar-refractivity contribution is 5.82. The van der Waals surface area contributed by atoms with Crippen LogP contribution in [0.15, 0.2) is 24.3 Å². The Kier molecular flexibility index (Phi) is 5.59. The molecule has 116 valence electrons. The zero-order chi connectivity index (χ0) is 15.2. The SMILES string of the molecule is COCCC(N)C(=O)N1CCCC1c1cccc(OC)c1. The Morgan fingerprint density at radius 1 is 1.48 bits per heavy atom. The molecule has 1 aliphatic heterocycles. The van der Waals surface area contributed by atoms with Crippen molar-refractivity contribution in [3.05, 3.63) is 29.8 Å². The van der Waals surface area contributed by atoms with Crippen molar-refractivity contribution in [1.82, 2.24) is 4.90 Å². The third kappa shape index (κ3) is 3.74. The Morgan fingerprint density at radius 3 is 3.00 bits per heavy atom. The maximum Gasteiger partial charge on any atom is 0.240 e. The molecule has 2 rings (SSSR count). The molecule has 0 aliphatic carbocycles. The molecule has 2 unspecified atom stereocenters. The van der Waals surface area contributed by atoms with Crippen LogP contribution < -0.4 is 10.5 Å². The largest absolute Gasteiger partial charge is 0.497 e. The van der Waals surface area contributed by atoms with Crippen molar-refractivity contribution < 1.29 is 14.3 Å². The lowest BCUT2D eigenvalue weighted by Gasteiger charge is -2.28. The van der Waals surface area contributed by atoms with Gasteiger partial charge in [-0.3, -0.25) is 4.79 Å². The predicted molar refractivity (Wildman–Crippen MR) is 81.2 cm³/mol. The summed E-state index contributed by atoms with van der Waals surface area (Å²) in [6.45, 7) is 1.27. The Balaban J connectivity index is 2.10. The summed E-state index contributed by atoms with van der Waals surface area (Å²) >= 11 is 0. The number of ether oxygens (including phenoxy) is 2. The summed E-state index contributed by atoms with van der Waals surface area (Å²) in [5, 5.41) is 0. The second kappa shape index (κ2) is 7.43. The number of hydrogen-bond acceptors (Lipinski definition) is 4. The minimum absolute atomic E-state index is 0.0115. The van der Waals surface area contributed by atoms with Gasteiger partial charge in [-0.1, -0.05) is 12.1 Å². The summed E-state index contributed by atoms with van der Waals surface area (Å²) in [6.07, 6.45) is 2.52. The summed E-state index contributed by atoms with van der Waals surface area (Å²) in [5.74, 6) is 0.827. The van der Waals surface area contributed by atoms with E-state index in [9.17, 15) is 4.79 Å². The first-order valence-corrected chi connectivity index (χ1v) is 7.36. The van der Waals surface area contributed by atoms with Gasteiger partial charge in [-0.05, 0) is 37.0 Å². The number of nitrogens with two attached hydrogens (primary N) is 1. The molecule has 0 bridgehead atoms. The van der Waals surface area contributed by atoms with E-state index in [0.717, 1.165) is 30.7 Å². The van der Waals surface area contributed by atoms with Gasteiger partial charge in [-0.2, -0.15) is 0 Å². The van der Waals surface area contributed by atoms with Crippen LogP contribution in [-0.4, -0.2) is 44.2 Å². The van der Waals surface area contributed by atoms with Crippen molar-refractivity contribution in [3.8, 4) is 5.75 Å². The van der Waals surface area contributed by atoms with Crippen LogP contribution in [0, 0.1) is 0 Å². The van der Waals surface area contributed by atoms with E-state index >= 15 is 0 Å². The maximum absolute atomic E-state index is 12.5. The van der Waals surface area contributed by atoms with Crippen LogP contribution in [0.25, 0.3) is 0 Å². The highest BCUT2D eigenvalue weighted by Gasteiger charge is 2.32. The quantitative estimate of drug-likeness (QED) is 0.867. The maximum atomic E-state index is 12.5. The molecule has 0 radical (unpaired) electrons. The van der Waals surface area contributed by atoms with E-state index in [1.807, 2.05) is 29.2 Å². The van der Waals surface area contributed by atoms with E-state index < -0.39 is 6.04 Å². The predicted octanol–water partition coefficient (Wildman–Crippen LogP) is 1.72. The highest BCUT2D eigenvalue weighted by Crippen LogP contribution is 2.33. The summed E-state index contributed by atoms with van der Waals surface area (Å²) in [4.78, 5) is 14.4. The molecule has 1 fully saturated rings. The number of amides is 1. The van der Waals surface area contributed by atoms with Gasteiger partial charge in [0.25, 0.3) is 0 Å². The topological polar surface area (TPSA) is 64.8 Å². The Hall–Kier alpha value is -1.59. The van der Waals surface area contributed by atoms with Crippen molar-refractivity contribution in [2.24, 2.45) is 5.73 Å². The molecular formula is C16H24N2O3. The van der Waals surface area contributed by atoms with E-state index in [1.54, 1.807) is 14.2 Å². The molecule has 1 saturated heterocycles. The lowest BCUT2D eigenvalue weighted by atomic mass is 10.0. The first-order valence-electron chi connectivity index (χ1n) is 7.36. The lowest BCUT2D eigenvalue weighted by molar-refractivity contribution is -0.134. The van der Waals surface area contributed by atoms with Gasteiger partial charge in [0.05, 0.1) is 19.2 Å². The third-order valence-electron chi connectivity index (χ3n) is 3.96. The van der Waals surface area contributed by atoms with Gasteiger partial charge in [0.15, 0.2) is 0 Å². The summed E-state index contributed by atoms with van der Waals surface area (Å²) in [5.41, 5.74) is 7.09. The number of carbonyl (C=O) groups excluding carboxylic acids is 1. The average Bonchev–Trinajstić information content (AvgIpc) is 3.01. The van der Waals surface area contributed by atoms with Gasteiger partial charge in [0.2, 0.25) is 5.91 Å². The molecule has 21 heavy (non-hydrogen) atoms. The van der Waals surface area contributed by atoms with Gasteiger partial charge in [-0.15, -0.1) is 0 Å². The molecule has 0 saturated carbocycles. The van der Waals surface area contributed by atoms with E-state index in [-0.39, 0.29) is 11.9 Å². The van der Waals surface area contributed by atoms with Crippen LogP contribution in [0.3, 0.4) is 0 Å². The zero-order valence-corrected chi connectivity index (χ0v) is 12.7. The standard InChI is InChI=1S/C16H24N2O3/c1-20-10-8-14(17)16(19)18-9-4-7-15(18)12-5-3-6-13(11-12)21-2/h3,5-6,11,14-15H,4,7-10,17H2,1-2H3. The molecule has 5 nitrogen and oxygen atoms in total.